The van der Waals surface area contributed by atoms with Gasteiger partial charge in [-0.25, -0.2) is 0 Å². The normalized spacial score (nSPS) is 11.9. The van der Waals surface area contributed by atoms with Crippen molar-refractivity contribution >= 4 is 54.4 Å². The molecule has 0 radical (unpaired) electrons. The third-order valence-corrected chi connectivity index (χ3v) is 8.94. The predicted molar refractivity (Wildman–Crippen MR) is 181 cm³/mol. The quantitative estimate of drug-likeness (QED) is 0.210. The van der Waals surface area contributed by atoms with Crippen LogP contribution in [0.5, 0.6) is 0 Å². The molecule has 0 N–H and O–H groups in total. The second-order valence-electron chi connectivity index (χ2n) is 12.5. The lowest BCUT2D eigenvalue weighted by molar-refractivity contribution is 0.591. The van der Waals surface area contributed by atoms with Crippen LogP contribution < -0.4 is 0 Å². The van der Waals surface area contributed by atoms with Gasteiger partial charge in [-0.05, 0) is 64.2 Å². The summed E-state index contributed by atoms with van der Waals surface area (Å²) in [6, 6.07) is 44.8. The highest BCUT2D eigenvalue weighted by Crippen LogP contribution is 2.42. The summed E-state index contributed by atoms with van der Waals surface area (Å²) in [7, 11) is 0. The van der Waals surface area contributed by atoms with E-state index < -0.39 is 0 Å². The van der Waals surface area contributed by atoms with E-state index >= 15 is 0 Å². The maximum Gasteiger partial charge on any atom is 0.101 e. The van der Waals surface area contributed by atoms with Crippen LogP contribution in [0.2, 0.25) is 0 Å². The van der Waals surface area contributed by atoms with E-state index in [1.807, 2.05) is 24.3 Å². The molecule has 8 aromatic rings. The molecule has 0 atom stereocenters. The molecule has 208 valence electrons. The minimum Gasteiger partial charge on any atom is -0.307 e. The number of benzene rings is 6. The molecule has 0 saturated carbocycles. The minimum atomic E-state index is -0.0241. The van der Waals surface area contributed by atoms with Gasteiger partial charge in [0.15, 0.2) is 0 Å². The highest BCUT2D eigenvalue weighted by molar-refractivity contribution is 6.21. The molecule has 2 aromatic heterocycles. The molecule has 0 aliphatic rings. The van der Waals surface area contributed by atoms with E-state index in [0.29, 0.717) is 11.1 Å². The number of hydrogen-bond donors (Lipinski definition) is 0. The van der Waals surface area contributed by atoms with Crippen molar-refractivity contribution in [1.29, 1.82) is 10.5 Å². The van der Waals surface area contributed by atoms with E-state index in [9.17, 15) is 10.5 Å². The molecule has 0 saturated heterocycles. The zero-order valence-corrected chi connectivity index (χ0v) is 24.8. The number of para-hydroxylation sites is 2. The van der Waals surface area contributed by atoms with Gasteiger partial charge in [0, 0.05) is 21.5 Å². The predicted octanol–water partition coefficient (Wildman–Crippen LogP) is 10.1. The van der Waals surface area contributed by atoms with Crippen LogP contribution >= 0.6 is 0 Å². The standard InChI is InChI=1S/C40H28N4/c1-40(2,3)28-17-19-35-32(22-28)39-29-11-5-4-10-25(29)16-18-36(39)44(35)38-21-27(24-42)26(23-41)20-37(38)43-33-14-8-6-12-30(33)31-13-7-9-15-34(31)43/h4-22H,1-3H3. The third kappa shape index (κ3) is 3.62. The second-order valence-corrected chi connectivity index (χ2v) is 12.5. The monoisotopic (exact) mass is 564 g/mol. The van der Waals surface area contributed by atoms with Crippen LogP contribution in [0.3, 0.4) is 0 Å². The van der Waals surface area contributed by atoms with Gasteiger partial charge in [-0.2, -0.15) is 10.5 Å². The zero-order valence-electron chi connectivity index (χ0n) is 24.8. The van der Waals surface area contributed by atoms with E-state index in [1.54, 1.807) is 0 Å². The summed E-state index contributed by atoms with van der Waals surface area (Å²) in [6.07, 6.45) is 0. The van der Waals surface area contributed by atoms with E-state index in [1.165, 1.54) is 27.1 Å². The van der Waals surface area contributed by atoms with Gasteiger partial charge < -0.3 is 9.13 Å². The highest BCUT2D eigenvalue weighted by atomic mass is 15.1. The average Bonchev–Trinajstić information content (AvgIpc) is 3.56. The summed E-state index contributed by atoms with van der Waals surface area (Å²) in [5.74, 6) is 0. The van der Waals surface area contributed by atoms with Crippen LogP contribution in [0.15, 0.2) is 115 Å². The van der Waals surface area contributed by atoms with Gasteiger partial charge in [0.1, 0.15) is 12.1 Å². The first-order chi connectivity index (χ1) is 21.4. The van der Waals surface area contributed by atoms with E-state index in [-0.39, 0.29) is 5.41 Å². The van der Waals surface area contributed by atoms with Crippen LogP contribution in [0.25, 0.3) is 65.8 Å². The third-order valence-electron chi connectivity index (χ3n) is 8.94. The van der Waals surface area contributed by atoms with Crippen molar-refractivity contribution in [3.63, 3.8) is 0 Å². The Bertz CT molecular complexity index is 2500. The molecule has 44 heavy (non-hydrogen) atoms. The Morgan fingerprint density at radius 1 is 0.500 bits per heavy atom. The van der Waals surface area contributed by atoms with Gasteiger partial charge in [0.05, 0.1) is 44.6 Å². The number of nitrogens with zero attached hydrogens (tertiary/aromatic N) is 4. The van der Waals surface area contributed by atoms with Crippen LogP contribution in [0, 0.1) is 22.7 Å². The number of nitriles is 2. The summed E-state index contributed by atoms with van der Waals surface area (Å²) in [5, 5.41) is 27.4. The Balaban J connectivity index is 1.60. The fourth-order valence-electron chi connectivity index (χ4n) is 6.82. The molecule has 0 fully saturated rings. The Hall–Kier alpha value is -5.84. The van der Waals surface area contributed by atoms with Crippen molar-refractivity contribution in [1.82, 2.24) is 9.13 Å². The smallest absolute Gasteiger partial charge is 0.101 e. The largest absolute Gasteiger partial charge is 0.307 e. The van der Waals surface area contributed by atoms with E-state index in [2.05, 4.69) is 133 Å². The fraction of sp³-hybridized carbons (Fsp3) is 0.100. The molecule has 0 aliphatic heterocycles. The number of fused-ring (bicyclic) bond motifs is 8. The summed E-state index contributed by atoms with van der Waals surface area (Å²) < 4.78 is 4.52. The highest BCUT2D eigenvalue weighted by Gasteiger charge is 2.23. The molecule has 4 heteroatoms. The summed E-state index contributed by atoms with van der Waals surface area (Å²) in [4.78, 5) is 0. The Kier molecular flexibility index (Phi) is 5.48. The molecule has 0 bridgehead atoms. The average molecular weight is 565 g/mol. The lowest BCUT2D eigenvalue weighted by Gasteiger charge is -2.20. The summed E-state index contributed by atoms with van der Waals surface area (Å²) >= 11 is 0. The van der Waals surface area contributed by atoms with Gasteiger partial charge in [-0.1, -0.05) is 93.6 Å². The van der Waals surface area contributed by atoms with Crippen molar-refractivity contribution in [2.24, 2.45) is 0 Å². The van der Waals surface area contributed by atoms with Crippen molar-refractivity contribution in [2.75, 3.05) is 0 Å². The van der Waals surface area contributed by atoms with Crippen molar-refractivity contribution in [3.8, 4) is 23.5 Å². The van der Waals surface area contributed by atoms with Crippen LogP contribution in [-0.2, 0) is 5.41 Å². The molecule has 8 rings (SSSR count). The molecule has 2 heterocycles. The van der Waals surface area contributed by atoms with Crippen LogP contribution in [0.4, 0.5) is 0 Å². The first-order valence-corrected chi connectivity index (χ1v) is 14.8. The van der Waals surface area contributed by atoms with Gasteiger partial charge >= 0.3 is 0 Å². The number of hydrogen-bond acceptors (Lipinski definition) is 2. The molecule has 6 aromatic carbocycles. The molecular formula is C40H28N4. The Labute approximate surface area is 255 Å². The van der Waals surface area contributed by atoms with Crippen molar-refractivity contribution in [3.05, 3.63) is 132 Å². The summed E-state index contributed by atoms with van der Waals surface area (Å²) in [6.45, 7) is 6.73. The molecule has 0 amide bonds. The first-order valence-electron chi connectivity index (χ1n) is 14.8. The first kappa shape index (κ1) is 25.8. The molecule has 0 unspecified atom stereocenters. The second kappa shape index (κ2) is 9.33. The lowest BCUT2D eigenvalue weighted by atomic mass is 9.86. The Morgan fingerprint density at radius 2 is 1.00 bits per heavy atom. The SMILES string of the molecule is CC(C)(C)c1ccc2c(c1)c1c3ccccc3ccc1n2-c1cc(C#N)c(C#N)cc1-n1c2ccccc2c2ccccc21. The Morgan fingerprint density at radius 3 is 1.59 bits per heavy atom. The zero-order chi connectivity index (χ0) is 30.2. The molecule has 4 nitrogen and oxygen atoms in total. The van der Waals surface area contributed by atoms with Gasteiger partial charge in [-0.3, -0.25) is 0 Å². The maximum atomic E-state index is 10.2. The maximum absolute atomic E-state index is 10.2. The van der Waals surface area contributed by atoms with Crippen LogP contribution in [-0.4, -0.2) is 9.13 Å². The minimum absolute atomic E-state index is 0.0241. The van der Waals surface area contributed by atoms with Crippen molar-refractivity contribution in [2.45, 2.75) is 26.2 Å². The van der Waals surface area contributed by atoms with Crippen molar-refractivity contribution < 1.29 is 0 Å². The summed E-state index contributed by atoms with van der Waals surface area (Å²) in [5.41, 5.74) is 7.86. The number of aromatic nitrogens is 2. The van der Waals surface area contributed by atoms with E-state index in [4.69, 9.17) is 0 Å². The lowest BCUT2D eigenvalue weighted by Crippen LogP contribution is -2.10. The molecule has 0 spiro atoms. The fourth-order valence-corrected chi connectivity index (χ4v) is 6.82. The van der Waals surface area contributed by atoms with E-state index in [0.717, 1.165) is 44.2 Å². The van der Waals surface area contributed by atoms with Gasteiger partial charge in [0.2, 0.25) is 0 Å². The van der Waals surface area contributed by atoms with Crippen LogP contribution in [0.1, 0.15) is 37.5 Å². The topological polar surface area (TPSA) is 57.4 Å². The molecular weight excluding hydrogens is 536 g/mol. The van der Waals surface area contributed by atoms with Gasteiger partial charge in [-0.15, -0.1) is 0 Å². The number of rotatable bonds is 2. The molecule has 0 aliphatic carbocycles. The van der Waals surface area contributed by atoms with Gasteiger partial charge in [0.25, 0.3) is 0 Å².